The zero-order chi connectivity index (χ0) is 32.6. The Labute approximate surface area is 285 Å². The first-order chi connectivity index (χ1) is 24.3. The summed E-state index contributed by atoms with van der Waals surface area (Å²) in [5.41, 5.74) is 13.1. The lowest BCUT2D eigenvalue weighted by Crippen LogP contribution is -1.99. The molecule has 9 aromatic rings. The molecule has 0 aliphatic carbocycles. The molecule has 2 aromatic heterocycles. The average Bonchev–Trinajstić information content (AvgIpc) is 3.53. The molecule has 3 nitrogen and oxygen atoms in total. The van der Waals surface area contributed by atoms with Crippen molar-refractivity contribution in [1.29, 1.82) is 0 Å². The molecule has 230 valence electrons. The maximum atomic E-state index is 5.36. The third kappa shape index (κ3) is 5.28. The molecule has 0 spiro atoms. The fraction of sp³-hybridized carbons (Fsp3) is 0. The zero-order valence-electron chi connectivity index (χ0n) is 26.7. The van der Waals surface area contributed by atoms with Crippen molar-refractivity contribution in [3.05, 3.63) is 188 Å². The number of aromatic nitrogens is 3. The fourth-order valence-electron chi connectivity index (χ4n) is 6.80. The summed E-state index contributed by atoms with van der Waals surface area (Å²) in [5.74, 6) is 0.693. The van der Waals surface area contributed by atoms with E-state index in [0.717, 1.165) is 55.6 Å². The number of rotatable bonds is 6. The SMILES string of the molecule is c1ccc(-c2ccc(-c3ccc(-c4nc(-c5cccc(-c6ccccc6)c5)c5c6ccccc6n(-c6ccccc6)c5n4)cc3)cc2)cc1. The maximum absolute atomic E-state index is 5.36. The first-order valence-corrected chi connectivity index (χ1v) is 16.6. The minimum Gasteiger partial charge on any atom is -0.294 e. The van der Waals surface area contributed by atoms with Crippen LogP contribution in [0.3, 0.4) is 0 Å². The molecule has 0 atom stereocenters. The van der Waals surface area contributed by atoms with E-state index in [4.69, 9.17) is 9.97 Å². The van der Waals surface area contributed by atoms with Gasteiger partial charge in [-0.2, -0.15) is 0 Å². The summed E-state index contributed by atoms with van der Waals surface area (Å²) in [4.78, 5) is 10.7. The molecule has 2 heterocycles. The highest BCUT2D eigenvalue weighted by molar-refractivity contribution is 6.14. The van der Waals surface area contributed by atoms with E-state index in [0.29, 0.717) is 5.82 Å². The lowest BCUT2D eigenvalue weighted by atomic mass is 9.99. The number of nitrogens with zero attached hydrogens (tertiary/aromatic N) is 3. The van der Waals surface area contributed by atoms with Crippen LogP contribution in [-0.4, -0.2) is 14.5 Å². The maximum Gasteiger partial charge on any atom is 0.162 e. The molecule has 0 aliphatic heterocycles. The van der Waals surface area contributed by atoms with E-state index in [2.05, 4.69) is 187 Å². The second kappa shape index (κ2) is 12.2. The number of fused-ring (bicyclic) bond motifs is 3. The molecular formula is C46H31N3. The number of hydrogen-bond donors (Lipinski definition) is 0. The summed E-state index contributed by atoms with van der Waals surface area (Å²) in [5, 5.41) is 2.17. The standard InChI is InChI=1S/C46H31N3/c1-4-13-32(14-5-1)34-23-25-35(26-24-34)36-27-29-37(30-28-36)45-47-44(39-18-12-17-38(31-39)33-15-6-2-7-16-33)43-41-21-10-11-22-42(41)49(46(43)48-45)40-19-8-3-9-20-40/h1-31H. The van der Waals surface area contributed by atoms with Crippen LogP contribution in [0.4, 0.5) is 0 Å². The Balaban J connectivity index is 1.21. The van der Waals surface area contributed by atoms with Crippen LogP contribution in [0.2, 0.25) is 0 Å². The van der Waals surface area contributed by atoms with E-state index in [9.17, 15) is 0 Å². The molecule has 0 radical (unpaired) electrons. The second-order valence-corrected chi connectivity index (χ2v) is 12.3. The van der Waals surface area contributed by atoms with Crippen molar-refractivity contribution in [2.24, 2.45) is 0 Å². The van der Waals surface area contributed by atoms with Gasteiger partial charge >= 0.3 is 0 Å². The highest BCUT2D eigenvalue weighted by atomic mass is 15.1. The van der Waals surface area contributed by atoms with Crippen LogP contribution in [0.25, 0.3) is 83.6 Å². The van der Waals surface area contributed by atoms with Crippen molar-refractivity contribution in [2.75, 3.05) is 0 Å². The number of hydrogen-bond acceptors (Lipinski definition) is 2. The van der Waals surface area contributed by atoms with E-state index in [1.807, 2.05) is 6.07 Å². The number of benzene rings is 7. The zero-order valence-corrected chi connectivity index (χ0v) is 26.7. The van der Waals surface area contributed by atoms with E-state index in [1.54, 1.807) is 0 Å². The van der Waals surface area contributed by atoms with Gasteiger partial charge in [0.25, 0.3) is 0 Å². The van der Waals surface area contributed by atoms with Crippen LogP contribution >= 0.6 is 0 Å². The third-order valence-electron chi connectivity index (χ3n) is 9.24. The molecule has 49 heavy (non-hydrogen) atoms. The topological polar surface area (TPSA) is 30.7 Å². The quantitative estimate of drug-likeness (QED) is 0.184. The van der Waals surface area contributed by atoms with Gasteiger partial charge in [0.2, 0.25) is 0 Å². The fourth-order valence-corrected chi connectivity index (χ4v) is 6.80. The van der Waals surface area contributed by atoms with Crippen molar-refractivity contribution in [2.45, 2.75) is 0 Å². The van der Waals surface area contributed by atoms with Crippen LogP contribution in [-0.2, 0) is 0 Å². The van der Waals surface area contributed by atoms with Crippen LogP contribution in [0.5, 0.6) is 0 Å². The summed E-state index contributed by atoms with van der Waals surface area (Å²) in [6, 6.07) is 66.1. The molecule has 0 aliphatic rings. The minimum absolute atomic E-state index is 0.693. The smallest absolute Gasteiger partial charge is 0.162 e. The predicted molar refractivity (Wildman–Crippen MR) is 204 cm³/mol. The molecule has 7 aromatic carbocycles. The van der Waals surface area contributed by atoms with Gasteiger partial charge in [-0.3, -0.25) is 4.57 Å². The van der Waals surface area contributed by atoms with E-state index in [1.165, 1.54) is 22.3 Å². The normalized spacial score (nSPS) is 11.3. The van der Waals surface area contributed by atoms with Gasteiger partial charge in [-0.1, -0.05) is 164 Å². The Bertz CT molecular complexity index is 2550. The van der Waals surface area contributed by atoms with Crippen LogP contribution in [0.1, 0.15) is 0 Å². The van der Waals surface area contributed by atoms with E-state index < -0.39 is 0 Å². The lowest BCUT2D eigenvalue weighted by molar-refractivity contribution is 1.11. The van der Waals surface area contributed by atoms with Gasteiger partial charge in [-0.05, 0) is 57.6 Å². The summed E-state index contributed by atoms with van der Waals surface area (Å²) in [6.07, 6.45) is 0. The average molecular weight is 626 g/mol. The molecule has 0 saturated heterocycles. The molecule has 9 rings (SSSR count). The van der Waals surface area contributed by atoms with Crippen LogP contribution in [0, 0.1) is 0 Å². The Morgan fingerprint density at radius 1 is 0.347 bits per heavy atom. The second-order valence-electron chi connectivity index (χ2n) is 12.3. The summed E-state index contributed by atoms with van der Waals surface area (Å²) >= 11 is 0. The van der Waals surface area contributed by atoms with Gasteiger partial charge in [0.15, 0.2) is 5.82 Å². The minimum atomic E-state index is 0.693. The molecule has 0 saturated carbocycles. The first kappa shape index (κ1) is 28.6. The number of para-hydroxylation sites is 2. The third-order valence-corrected chi connectivity index (χ3v) is 9.24. The lowest BCUT2D eigenvalue weighted by Gasteiger charge is -2.12. The Morgan fingerprint density at radius 2 is 0.816 bits per heavy atom. The molecule has 3 heteroatoms. The van der Waals surface area contributed by atoms with Gasteiger partial charge in [-0.15, -0.1) is 0 Å². The Hall–Kier alpha value is -6.58. The summed E-state index contributed by atoms with van der Waals surface area (Å²) in [7, 11) is 0. The van der Waals surface area contributed by atoms with Crippen molar-refractivity contribution in [1.82, 2.24) is 14.5 Å². The molecule has 0 amide bonds. The molecule has 0 bridgehead atoms. The van der Waals surface area contributed by atoms with Crippen molar-refractivity contribution in [3.63, 3.8) is 0 Å². The van der Waals surface area contributed by atoms with Crippen LogP contribution < -0.4 is 0 Å². The first-order valence-electron chi connectivity index (χ1n) is 16.6. The monoisotopic (exact) mass is 625 g/mol. The van der Waals surface area contributed by atoms with Gasteiger partial charge < -0.3 is 0 Å². The van der Waals surface area contributed by atoms with Gasteiger partial charge in [0, 0.05) is 22.2 Å². The molecule has 0 N–H and O–H groups in total. The summed E-state index contributed by atoms with van der Waals surface area (Å²) in [6.45, 7) is 0. The van der Waals surface area contributed by atoms with Gasteiger partial charge in [-0.25, -0.2) is 9.97 Å². The highest BCUT2D eigenvalue weighted by Crippen LogP contribution is 2.39. The Morgan fingerprint density at radius 3 is 1.45 bits per heavy atom. The molecule has 0 fully saturated rings. The summed E-state index contributed by atoms with van der Waals surface area (Å²) < 4.78 is 2.27. The van der Waals surface area contributed by atoms with E-state index in [-0.39, 0.29) is 0 Å². The largest absolute Gasteiger partial charge is 0.294 e. The van der Waals surface area contributed by atoms with Crippen LogP contribution in [0.15, 0.2) is 188 Å². The van der Waals surface area contributed by atoms with Crippen molar-refractivity contribution >= 4 is 21.9 Å². The van der Waals surface area contributed by atoms with Crippen molar-refractivity contribution < 1.29 is 0 Å². The van der Waals surface area contributed by atoms with Crippen molar-refractivity contribution in [3.8, 4) is 61.7 Å². The molecule has 0 unspecified atom stereocenters. The van der Waals surface area contributed by atoms with E-state index >= 15 is 0 Å². The molecular weight excluding hydrogens is 595 g/mol. The predicted octanol–water partition coefficient (Wildman–Crippen LogP) is 11.9. The highest BCUT2D eigenvalue weighted by Gasteiger charge is 2.21. The van der Waals surface area contributed by atoms with Gasteiger partial charge in [0.1, 0.15) is 5.65 Å². The Kier molecular flexibility index (Phi) is 7.14. The van der Waals surface area contributed by atoms with Gasteiger partial charge in [0.05, 0.1) is 16.6 Å².